The van der Waals surface area contributed by atoms with Gasteiger partial charge in [-0.1, -0.05) is 19.1 Å². The topological polar surface area (TPSA) is 106 Å². The molecule has 0 aliphatic heterocycles. The third kappa shape index (κ3) is 5.50. The summed E-state index contributed by atoms with van der Waals surface area (Å²) in [6.07, 6.45) is 2.26. The number of amides is 2. The molecule has 0 spiro atoms. The van der Waals surface area contributed by atoms with Crippen LogP contribution >= 0.6 is 0 Å². The van der Waals surface area contributed by atoms with Gasteiger partial charge in [-0.05, 0) is 12.3 Å². The maximum Gasteiger partial charge on any atom is 0.273 e. The normalized spacial score (nSPS) is 12.3. The monoisotopic (exact) mass is 296 g/mol. The molecule has 1 aromatic rings. The summed E-state index contributed by atoms with van der Waals surface area (Å²) in [6.45, 7) is 4.56. The number of rotatable bonds is 7. The van der Waals surface area contributed by atoms with E-state index in [2.05, 4.69) is 29.5 Å². The highest BCUT2D eigenvalue weighted by Crippen LogP contribution is 2.04. The fourth-order valence-corrected chi connectivity index (χ4v) is 1.80. The Morgan fingerprint density at radius 1 is 1.43 bits per heavy atom. The average Bonchev–Trinajstić information content (AvgIpc) is 2.85. The van der Waals surface area contributed by atoms with E-state index in [1.165, 1.54) is 15.8 Å². The van der Waals surface area contributed by atoms with Crippen LogP contribution in [0.15, 0.2) is 6.20 Å². The Morgan fingerprint density at radius 3 is 2.62 bits per heavy atom. The summed E-state index contributed by atoms with van der Waals surface area (Å²) in [5.74, 6) is -0.00611. The zero-order valence-corrected chi connectivity index (χ0v) is 13.0. The van der Waals surface area contributed by atoms with Crippen LogP contribution in [0.25, 0.3) is 0 Å². The Morgan fingerprint density at radius 2 is 2.10 bits per heavy atom. The Hall–Kier alpha value is -1.96. The molecular weight excluding hydrogens is 272 g/mol. The maximum absolute atomic E-state index is 12.1. The third-order valence-electron chi connectivity index (χ3n) is 2.94. The molecule has 21 heavy (non-hydrogen) atoms. The van der Waals surface area contributed by atoms with Gasteiger partial charge in [0.1, 0.15) is 6.54 Å². The zero-order chi connectivity index (χ0) is 16.0. The van der Waals surface area contributed by atoms with Gasteiger partial charge in [0.25, 0.3) is 5.91 Å². The van der Waals surface area contributed by atoms with Gasteiger partial charge in [0.05, 0.1) is 6.20 Å². The van der Waals surface area contributed by atoms with Crippen LogP contribution in [0.1, 0.15) is 30.8 Å². The summed E-state index contributed by atoms with van der Waals surface area (Å²) in [7, 11) is 3.31. The standard InChI is InChI=1S/C13H24N6O2/c1-9(2)5-10(6-14)15-13(21)11-7-19(17-16-11)8-12(20)18(3)4/h7,9-10H,5-6,8,14H2,1-4H3,(H,15,21). The van der Waals surface area contributed by atoms with Gasteiger partial charge in [0.2, 0.25) is 5.91 Å². The van der Waals surface area contributed by atoms with E-state index in [9.17, 15) is 9.59 Å². The molecule has 0 aliphatic carbocycles. The predicted molar refractivity (Wildman–Crippen MR) is 78.5 cm³/mol. The average molecular weight is 296 g/mol. The molecule has 1 rings (SSSR count). The van der Waals surface area contributed by atoms with Crippen LogP contribution in [0.3, 0.4) is 0 Å². The van der Waals surface area contributed by atoms with Gasteiger partial charge in [-0.25, -0.2) is 4.68 Å². The van der Waals surface area contributed by atoms with Crippen molar-refractivity contribution in [3.63, 3.8) is 0 Å². The van der Waals surface area contributed by atoms with Gasteiger partial charge in [0, 0.05) is 26.7 Å². The minimum absolute atomic E-state index is 0.0552. The molecule has 118 valence electrons. The second-order valence-electron chi connectivity index (χ2n) is 5.63. The van der Waals surface area contributed by atoms with Gasteiger partial charge in [-0.15, -0.1) is 5.10 Å². The van der Waals surface area contributed by atoms with Crippen molar-refractivity contribution >= 4 is 11.8 Å². The summed E-state index contributed by atoms with van der Waals surface area (Å²) in [5.41, 5.74) is 5.83. The minimum Gasteiger partial charge on any atom is -0.347 e. The first-order chi connectivity index (χ1) is 9.83. The lowest BCUT2D eigenvalue weighted by Gasteiger charge is -2.17. The minimum atomic E-state index is -0.324. The fraction of sp³-hybridized carbons (Fsp3) is 0.692. The molecule has 3 N–H and O–H groups in total. The van der Waals surface area contributed by atoms with Gasteiger partial charge in [-0.3, -0.25) is 9.59 Å². The molecule has 0 aromatic carbocycles. The third-order valence-corrected chi connectivity index (χ3v) is 2.94. The van der Waals surface area contributed by atoms with Gasteiger partial charge in [-0.2, -0.15) is 0 Å². The van der Waals surface area contributed by atoms with Crippen LogP contribution in [-0.4, -0.2) is 58.4 Å². The highest BCUT2D eigenvalue weighted by atomic mass is 16.2. The summed E-state index contributed by atoms with van der Waals surface area (Å²) in [5, 5.41) is 10.4. The molecular formula is C13H24N6O2. The highest BCUT2D eigenvalue weighted by molar-refractivity contribution is 5.92. The summed E-state index contributed by atoms with van der Waals surface area (Å²) < 4.78 is 1.34. The zero-order valence-electron chi connectivity index (χ0n) is 13.0. The number of carbonyl (C=O) groups excluding carboxylic acids is 2. The molecule has 1 unspecified atom stereocenters. The van der Waals surface area contributed by atoms with Gasteiger partial charge < -0.3 is 16.0 Å². The second-order valence-corrected chi connectivity index (χ2v) is 5.63. The summed E-state index contributed by atoms with van der Waals surface area (Å²) in [4.78, 5) is 25.1. The predicted octanol–water partition coefficient (Wildman–Crippen LogP) is -0.530. The molecule has 0 aliphatic rings. The molecule has 0 saturated heterocycles. The summed E-state index contributed by atoms with van der Waals surface area (Å²) >= 11 is 0. The van der Waals surface area contributed by atoms with Crippen LogP contribution in [0, 0.1) is 5.92 Å². The molecule has 2 amide bonds. The molecule has 1 heterocycles. The van der Waals surface area contributed by atoms with E-state index in [4.69, 9.17) is 5.73 Å². The first-order valence-electron chi connectivity index (χ1n) is 6.94. The van der Waals surface area contributed by atoms with E-state index >= 15 is 0 Å². The summed E-state index contributed by atoms with van der Waals surface area (Å²) in [6, 6.07) is -0.0916. The van der Waals surface area contributed by atoms with Crippen molar-refractivity contribution in [2.75, 3.05) is 20.6 Å². The Bertz CT molecular complexity index is 483. The number of nitrogens with one attached hydrogen (secondary N) is 1. The van der Waals surface area contributed by atoms with Gasteiger partial charge in [0.15, 0.2) is 5.69 Å². The van der Waals surface area contributed by atoms with Crippen LogP contribution < -0.4 is 11.1 Å². The number of hydrogen-bond donors (Lipinski definition) is 2. The maximum atomic E-state index is 12.1. The molecule has 0 fully saturated rings. The Kier molecular flexibility index (Phi) is 6.29. The first-order valence-corrected chi connectivity index (χ1v) is 6.94. The second kappa shape index (κ2) is 7.72. The van der Waals surface area contributed by atoms with Crippen LogP contribution in [-0.2, 0) is 11.3 Å². The highest BCUT2D eigenvalue weighted by Gasteiger charge is 2.17. The number of hydrogen-bond acceptors (Lipinski definition) is 5. The quantitative estimate of drug-likeness (QED) is 0.703. The molecule has 0 radical (unpaired) electrons. The van der Waals surface area contributed by atoms with E-state index < -0.39 is 0 Å². The SMILES string of the molecule is CC(C)CC(CN)NC(=O)c1cn(CC(=O)N(C)C)nn1. The van der Waals surface area contributed by atoms with E-state index in [0.717, 1.165) is 6.42 Å². The van der Waals surface area contributed by atoms with E-state index in [1.54, 1.807) is 14.1 Å². The molecule has 8 heteroatoms. The number of aromatic nitrogens is 3. The molecule has 8 nitrogen and oxygen atoms in total. The van der Waals surface area contributed by atoms with Crippen molar-refractivity contribution in [3.8, 4) is 0 Å². The van der Waals surface area contributed by atoms with Crippen molar-refractivity contribution in [1.29, 1.82) is 0 Å². The van der Waals surface area contributed by atoms with Gasteiger partial charge >= 0.3 is 0 Å². The Balaban J connectivity index is 2.63. The van der Waals surface area contributed by atoms with Crippen molar-refractivity contribution in [2.45, 2.75) is 32.9 Å². The van der Waals surface area contributed by atoms with Crippen molar-refractivity contribution < 1.29 is 9.59 Å². The van der Waals surface area contributed by atoms with Crippen molar-refractivity contribution in [3.05, 3.63) is 11.9 Å². The van der Waals surface area contributed by atoms with E-state index in [0.29, 0.717) is 12.5 Å². The largest absolute Gasteiger partial charge is 0.347 e. The number of carbonyl (C=O) groups is 2. The van der Waals surface area contributed by atoms with Crippen LogP contribution in [0.5, 0.6) is 0 Å². The lowest BCUT2D eigenvalue weighted by molar-refractivity contribution is -0.129. The smallest absolute Gasteiger partial charge is 0.273 e. The lowest BCUT2D eigenvalue weighted by Crippen LogP contribution is -2.41. The fourth-order valence-electron chi connectivity index (χ4n) is 1.80. The molecule has 1 atom stereocenters. The van der Waals surface area contributed by atoms with Crippen molar-refractivity contribution in [1.82, 2.24) is 25.2 Å². The van der Waals surface area contributed by atoms with Crippen LogP contribution in [0.4, 0.5) is 0 Å². The number of likely N-dealkylation sites (N-methyl/N-ethyl adjacent to an activating group) is 1. The van der Waals surface area contributed by atoms with E-state index in [-0.39, 0.29) is 30.1 Å². The Labute approximate surface area is 124 Å². The number of nitrogens with zero attached hydrogens (tertiary/aromatic N) is 4. The molecule has 0 saturated carbocycles. The number of nitrogens with two attached hydrogens (primary N) is 1. The first kappa shape index (κ1) is 17.1. The lowest BCUT2D eigenvalue weighted by atomic mass is 10.0. The van der Waals surface area contributed by atoms with Crippen LogP contribution in [0.2, 0.25) is 0 Å². The van der Waals surface area contributed by atoms with E-state index in [1.807, 2.05) is 0 Å². The van der Waals surface area contributed by atoms with Crippen molar-refractivity contribution in [2.24, 2.45) is 11.7 Å². The molecule has 0 bridgehead atoms. The molecule has 1 aromatic heterocycles.